The number of carbonyl (C=O) groups is 4. The van der Waals surface area contributed by atoms with Crippen LogP contribution < -0.4 is 10.6 Å². The Labute approximate surface area is 329 Å². The van der Waals surface area contributed by atoms with Crippen LogP contribution in [0.3, 0.4) is 0 Å². The van der Waals surface area contributed by atoms with Crippen molar-refractivity contribution < 1.29 is 34.1 Å². The van der Waals surface area contributed by atoms with Crippen LogP contribution in [0, 0.1) is 0 Å². The second-order valence-corrected chi connectivity index (χ2v) is 14.8. The molecule has 0 spiro atoms. The Hall–Kier alpha value is -2.94. The number of ether oxygens (including phenoxy) is 1. The number of aliphatic carboxylic acids is 1. The summed E-state index contributed by atoms with van der Waals surface area (Å²) in [6, 6.07) is -1.38. The number of hydrogen-bond acceptors (Lipinski definition) is 6. The maximum absolute atomic E-state index is 12.7. The number of allylic oxidation sites excluding steroid dienone is 6. The molecule has 2 amide bonds. The number of rotatable bonds is 39. The topological polar surface area (TPSA) is 142 Å². The summed E-state index contributed by atoms with van der Waals surface area (Å²) in [5.74, 6) is -2.31. The van der Waals surface area contributed by atoms with E-state index in [0.29, 0.717) is 19.3 Å². The first-order chi connectivity index (χ1) is 26.3. The van der Waals surface area contributed by atoms with E-state index in [-0.39, 0.29) is 24.5 Å². The van der Waals surface area contributed by atoms with Crippen LogP contribution in [-0.4, -0.2) is 59.3 Å². The average Bonchev–Trinajstić information content (AvgIpc) is 3.15. The van der Waals surface area contributed by atoms with Gasteiger partial charge in [-0.3, -0.25) is 14.4 Å². The predicted octanol–water partition coefficient (Wildman–Crippen LogP) is 10.6. The van der Waals surface area contributed by atoms with Crippen molar-refractivity contribution in [2.24, 2.45) is 0 Å². The highest BCUT2D eigenvalue weighted by molar-refractivity contribution is 5.87. The number of unbranched alkanes of at least 4 members (excludes halogenated alkanes) is 19. The highest BCUT2D eigenvalue weighted by atomic mass is 16.5. The van der Waals surface area contributed by atoms with Crippen LogP contribution in [0.5, 0.6) is 0 Å². The van der Waals surface area contributed by atoms with Crippen LogP contribution >= 0.6 is 0 Å². The van der Waals surface area contributed by atoms with Crippen molar-refractivity contribution in [2.75, 3.05) is 13.2 Å². The third kappa shape index (κ3) is 36.1. The van der Waals surface area contributed by atoms with Crippen molar-refractivity contribution in [3.8, 4) is 0 Å². The number of hydrogen-bond donors (Lipinski definition) is 4. The van der Waals surface area contributed by atoms with E-state index in [1.807, 2.05) is 0 Å². The molecule has 0 saturated heterocycles. The summed E-state index contributed by atoms with van der Waals surface area (Å²) in [7, 11) is 0. The average molecular weight is 761 g/mol. The number of carbonyl (C=O) groups excluding carboxylic acids is 3. The normalized spacial score (nSPS) is 12.8. The summed E-state index contributed by atoms with van der Waals surface area (Å²) in [5.41, 5.74) is 0. The van der Waals surface area contributed by atoms with Crippen LogP contribution in [0.15, 0.2) is 36.5 Å². The van der Waals surface area contributed by atoms with E-state index in [9.17, 15) is 19.2 Å². The third-order valence-electron chi connectivity index (χ3n) is 9.64. The summed E-state index contributed by atoms with van der Waals surface area (Å²) in [6.45, 7) is 3.44. The predicted molar refractivity (Wildman–Crippen MR) is 222 cm³/mol. The van der Waals surface area contributed by atoms with Gasteiger partial charge in [-0.15, -0.1) is 0 Å². The Morgan fingerprint density at radius 1 is 0.556 bits per heavy atom. The lowest BCUT2D eigenvalue weighted by Crippen LogP contribution is -2.47. The van der Waals surface area contributed by atoms with Gasteiger partial charge in [-0.25, -0.2) is 4.79 Å². The van der Waals surface area contributed by atoms with Crippen molar-refractivity contribution in [1.29, 1.82) is 0 Å². The molecule has 0 saturated carbocycles. The van der Waals surface area contributed by atoms with Gasteiger partial charge in [-0.2, -0.15) is 0 Å². The first-order valence-corrected chi connectivity index (χ1v) is 21.9. The van der Waals surface area contributed by atoms with Gasteiger partial charge in [-0.1, -0.05) is 147 Å². The standard InChI is InChI=1S/C45H80N2O7/c1-3-5-7-9-11-12-13-14-15-16-17-18-19-20-21-22-24-29-33-37-44(51)54-40(34-30-26-23-10-8-6-4-2)35-31-27-25-28-32-36-42(49)46-38-43(50)47-41(39-48)45(52)53/h11-12,14-15,17-18,40-41,48H,3-10,13,16,19-39H2,1-2H3,(H,46,49)(H,47,50)(H,52,53)/b12-11-,15-14-,18-17-. The molecule has 4 N–H and O–H groups in total. The van der Waals surface area contributed by atoms with Gasteiger partial charge in [0.15, 0.2) is 0 Å². The molecule has 0 heterocycles. The molecule has 0 bridgehead atoms. The zero-order valence-corrected chi connectivity index (χ0v) is 34.5. The number of carboxylic acids is 1. The number of aliphatic hydroxyl groups is 1. The Morgan fingerprint density at radius 3 is 1.54 bits per heavy atom. The molecule has 0 aliphatic rings. The van der Waals surface area contributed by atoms with Gasteiger partial charge in [0.05, 0.1) is 13.2 Å². The van der Waals surface area contributed by atoms with Gasteiger partial charge in [-0.05, 0) is 77.0 Å². The molecule has 9 nitrogen and oxygen atoms in total. The number of nitrogens with one attached hydrogen (secondary N) is 2. The lowest BCUT2D eigenvalue weighted by molar-refractivity contribution is -0.150. The summed E-state index contributed by atoms with van der Waals surface area (Å²) in [5, 5.41) is 22.5. The molecule has 0 aromatic carbocycles. The Morgan fingerprint density at radius 2 is 1.00 bits per heavy atom. The van der Waals surface area contributed by atoms with Crippen molar-refractivity contribution in [1.82, 2.24) is 10.6 Å². The summed E-state index contributed by atoms with van der Waals surface area (Å²) in [4.78, 5) is 47.5. The number of carboxylic acid groups (broad SMARTS) is 1. The fourth-order valence-electron chi connectivity index (χ4n) is 6.25. The lowest BCUT2D eigenvalue weighted by Gasteiger charge is -2.18. The Bertz CT molecular complexity index is 1010. The zero-order valence-electron chi connectivity index (χ0n) is 34.5. The summed E-state index contributed by atoms with van der Waals surface area (Å²) < 4.78 is 6.00. The molecule has 2 unspecified atom stereocenters. The summed E-state index contributed by atoms with van der Waals surface area (Å²) >= 11 is 0. The molecule has 312 valence electrons. The maximum atomic E-state index is 12.7. The van der Waals surface area contributed by atoms with Crippen LogP contribution in [0.25, 0.3) is 0 Å². The van der Waals surface area contributed by atoms with E-state index in [0.717, 1.165) is 77.0 Å². The summed E-state index contributed by atoms with van der Waals surface area (Å²) in [6.07, 6.45) is 44.6. The molecule has 0 aromatic heterocycles. The van der Waals surface area contributed by atoms with Crippen molar-refractivity contribution in [3.05, 3.63) is 36.5 Å². The molecular weight excluding hydrogens is 681 g/mol. The van der Waals surface area contributed by atoms with Gasteiger partial charge in [0.2, 0.25) is 11.8 Å². The van der Waals surface area contributed by atoms with Crippen molar-refractivity contribution in [3.63, 3.8) is 0 Å². The molecule has 0 aliphatic heterocycles. The second kappa shape index (κ2) is 39.7. The highest BCUT2D eigenvalue weighted by Gasteiger charge is 2.19. The van der Waals surface area contributed by atoms with Gasteiger partial charge >= 0.3 is 11.9 Å². The minimum Gasteiger partial charge on any atom is -0.480 e. The lowest BCUT2D eigenvalue weighted by atomic mass is 10.0. The molecule has 0 radical (unpaired) electrons. The molecule has 9 heteroatoms. The van der Waals surface area contributed by atoms with Gasteiger partial charge in [0.1, 0.15) is 12.1 Å². The molecule has 0 rings (SSSR count). The maximum Gasteiger partial charge on any atom is 0.328 e. The fourth-order valence-corrected chi connectivity index (χ4v) is 6.25. The minimum atomic E-state index is -1.38. The van der Waals surface area contributed by atoms with Crippen LogP contribution in [0.1, 0.15) is 200 Å². The van der Waals surface area contributed by atoms with E-state index in [4.69, 9.17) is 14.9 Å². The molecule has 0 fully saturated rings. The number of amides is 2. The Kier molecular flexibility index (Phi) is 37.6. The molecule has 2 atom stereocenters. The Balaban J connectivity index is 4.16. The van der Waals surface area contributed by atoms with E-state index < -0.39 is 24.5 Å². The van der Waals surface area contributed by atoms with Crippen molar-refractivity contribution >= 4 is 23.8 Å². The number of aliphatic hydroxyl groups excluding tert-OH is 1. The quantitative estimate of drug-likeness (QED) is 0.0277. The minimum absolute atomic E-state index is 0.0164. The first kappa shape index (κ1) is 51.1. The third-order valence-corrected chi connectivity index (χ3v) is 9.64. The number of esters is 1. The van der Waals surface area contributed by atoms with Crippen LogP contribution in [-0.2, 0) is 23.9 Å². The van der Waals surface area contributed by atoms with Crippen molar-refractivity contribution in [2.45, 2.75) is 212 Å². The monoisotopic (exact) mass is 761 g/mol. The van der Waals surface area contributed by atoms with Crippen LogP contribution in [0.2, 0.25) is 0 Å². The SMILES string of the molecule is CCCCC/C=C\C/C=C\C/C=C\CCCCCCCCC(=O)OC(CCCCCCCCC)CCCCCCCC(=O)NCC(=O)NC(CO)C(=O)O. The molecule has 0 aliphatic carbocycles. The van der Waals surface area contributed by atoms with Gasteiger partial charge < -0.3 is 25.6 Å². The van der Waals surface area contributed by atoms with E-state index in [1.165, 1.54) is 89.9 Å². The first-order valence-electron chi connectivity index (χ1n) is 21.9. The van der Waals surface area contributed by atoms with Gasteiger partial charge in [0, 0.05) is 12.8 Å². The zero-order chi connectivity index (χ0) is 39.7. The smallest absolute Gasteiger partial charge is 0.328 e. The highest BCUT2D eigenvalue weighted by Crippen LogP contribution is 2.18. The fraction of sp³-hybridized carbons (Fsp3) is 0.778. The van der Waals surface area contributed by atoms with E-state index >= 15 is 0 Å². The molecule has 0 aromatic rings. The van der Waals surface area contributed by atoms with E-state index in [2.05, 4.69) is 60.9 Å². The largest absolute Gasteiger partial charge is 0.480 e. The van der Waals surface area contributed by atoms with E-state index in [1.54, 1.807) is 0 Å². The van der Waals surface area contributed by atoms with Gasteiger partial charge in [0.25, 0.3) is 0 Å². The second-order valence-electron chi connectivity index (χ2n) is 14.8. The molecular formula is C45H80N2O7. The molecule has 54 heavy (non-hydrogen) atoms. The van der Waals surface area contributed by atoms with Crippen LogP contribution in [0.4, 0.5) is 0 Å².